The van der Waals surface area contributed by atoms with Crippen molar-refractivity contribution in [2.24, 2.45) is 0 Å². The number of aromatic nitrogens is 1. The van der Waals surface area contributed by atoms with E-state index in [-0.39, 0.29) is 16.4 Å². The lowest BCUT2D eigenvalue weighted by molar-refractivity contribution is 0.101. The molecule has 0 spiro atoms. The van der Waals surface area contributed by atoms with Crippen molar-refractivity contribution in [2.45, 2.75) is 33.1 Å². The van der Waals surface area contributed by atoms with Gasteiger partial charge in [-0.2, -0.15) is 0 Å². The lowest BCUT2D eigenvalue weighted by Crippen LogP contribution is -2.15. The molecule has 72 valence electrons. The monoisotopic (exact) mass is 201 g/mol. The van der Waals surface area contributed by atoms with Gasteiger partial charge in [0.1, 0.15) is 11.3 Å². The number of nitrogens with zero attached hydrogens (tertiary/aromatic N) is 1. The van der Waals surface area contributed by atoms with Crippen LogP contribution in [0.3, 0.4) is 0 Å². The molecule has 1 heterocycles. The van der Waals surface area contributed by atoms with Gasteiger partial charge in [-0.25, -0.2) is 0 Å². The van der Waals surface area contributed by atoms with Gasteiger partial charge in [-0.1, -0.05) is 25.9 Å². The second-order valence-electron chi connectivity index (χ2n) is 3.99. The van der Waals surface area contributed by atoms with E-state index >= 15 is 0 Å². The van der Waals surface area contributed by atoms with Gasteiger partial charge < -0.3 is 4.52 Å². The molecule has 4 heteroatoms. The van der Waals surface area contributed by atoms with E-state index in [1.54, 1.807) is 0 Å². The molecule has 1 aromatic rings. The zero-order valence-corrected chi connectivity index (χ0v) is 8.90. The molecule has 0 aromatic carbocycles. The van der Waals surface area contributed by atoms with Gasteiger partial charge in [0.2, 0.25) is 5.22 Å². The van der Waals surface area contributed by atoms with E-state index < -0.39 is 0 Å². The average molecular weight is 202 g/mol. The Hall–Kier alpha value is -0.830. The summed E-state index contributed by atoms with van der Waals surface area (Å²) in [4.78, 5) is 11.2. The van der Waals surface area contributed by atoms with Gasteiger partial charge in [-0.15, -0.1) is 0 Å². The van der Waals surface area contributed by atoms with Crippen LogP contribution in [0.2, 0.25) is 5.22 Å². The van der Waals surface area contributed by atoms with Gasteiger partial charge in [-0.3, -0.25) is 4.79 Å². The van der Waals surface area contributed by atoms with Gasteiger partial charge >= 0.3 is 0 Å². The van der Waals surface area contributed by atoms with Crippen molar-refractivity contribution in [2.75, 3.05) is 0 Å². The highest BCUT2D eigenvalue weighted by molar-refractivity contribution is 6.32. The number of Topliss-reactive ketones (excluding diaryl/α,β-unsaturated/α-hetero) is 1. The van der Waals surface area contributed by atoms with Gasteiger partial charge in [0, 0.05) is 5.41 Å². The number of carbonyl (C=O) groups is 1. The summed E-state index contributed by atoms with van der Waals surface area (Å²) in [6.45, 7) is 7.31. The Kier molecular flexibility index (Phi) is 2.48. The first-order valence-corrected chi connectivity index (χ1v) is 4.38. The van der Waals surface area contributed by atoms with Gasteiger partial charge in [-0.05, 0) is 18.5 Å². The van der Waals surface area contributed by atoms with Crippen molar-refractivity contribution < 1.29 is 9.32 Å². The molecule has 0 saturated carbocycles. The summed E-state index contributed by atoms with van der Waals surface area (Å²) < 4.78 is 4.78. The topological polar surface area (TPSA) is 43.1 Å². The lowest BCUT2D eigenvalue weighted by atomic mass is 9.89. The molecular formula is C9H12ClNO2. The predicted molar refractivity (Wildman–Crippen MR) is 50.2 cm³/mol. The third-order valence-electron chi connectivity index (χ3n) is 1.71. The van der Waals surface area contributed by atoms with Crippen molar-refractivity contribution in [3.05, 3.63) is 16.5 Å². The minimum atomic E-state index is -0.225. The van der Waals surface area contributed by atoms with E-state index in [1.807, 2.05) is 20.8 Å². The Labute approximate surface area is 82.1 Å². The maximum Gasteiger partial charge on any atom is 0.237 e. The van der Waals surface area contributed by atoms with Crippen molar-refractivity contribution in [1.82, 2.24) is 5.16 Å². The normalized spacial score (nSPS) is 11.8. The molecule has 0 aliphatic heterocycles. The molecule has 0 aliphatic rings. The summed E-state index contributed by atoms with van der Waals surface area (Å²) in [6.07, 6.45) is 0. The van der Waals surface area contributed by atoms with Crippen LogP contribution in [0.15, 0.2) is 4.52 Å². The number of carbonyl (C=O) groups excluding carboxylic acids is 1. The molecule has 13 heavy (non-hydrogen) atoms. The summed E-state index contributed by atoms with van der Waals surface area (Å²) in [6, 6.07) is 0. The fourth-order valence-electron chi connectivity index (χ4n) is 1.09. The van der Waals surface area contributed by atoms with Crippen LogP contribution in [0.5, 0.6) is 0 Å². The molecule has 0 saturated heterocycles. The van der Waals surface area contributed by atoms with Crippen molar-refractivity contribution in [3.63, 3.8) is 0 Å². The molecule has 0 aliphatic carbocycles. The van der Waals surface area contributed by atoms with Crippen LogP contribution in [0.1, 0.15) is 43.7 Å². The number of ketones is 1. The van der Waals surface area contributed by atoms with E-state index in [1.165, 1.54) is 6.92 Å². The molecule has 0 atom stereocenters. The predicted octanol–water partition coefficient (Wildman–Crippen LogP) is 2.83. The van der Waals surface area contributed by atoms with Crippen LogP contribution >= 0.6 is 11.6 Å². The average Bonchev–Trinajstić information content (AvgIpc) is 2.28. The second-order valence-corrected chi connectivity index (χ2v) is 4.33. The molecule has 0 bridgehead atoms. The van der Waals surface area contributed by atoms with Crippen LogP contribution in [0.4, 0.5) is 0 Å². The molecule has 0 radical (unpaired) electrons. The molecule has 3 nitrogen and oxygen atoms in total. The summed E-state index contributed by atoms with van der Waals surface area (Å²) in [7, 11) is 0. The fraction of sp³-hybridized carbons (Fsp3) is 0.556. The maximum absolute atomic E-state index is 11.2. The van der Waals surface area contributed by atoms with E-state index in [4.69, 9.17) is 16.1 Å². The maximum atomic E-state index is 11.2. The first-order chi connectivity index (χ1) is 5.84. The van der Waals surface area contributed by atoms with Crippen LogP contribution in [0.25, 0.3) is 0 Å². The van der Waals surface area contributed by atoms with Crippen molar-refractivity contribution in [1.29, 1.82) is 0 Å². The Bertz CT molecular complexity index is 336. The lowest BCUT2D eigenvalue weighted by Gasteiger charge is -2.14. The highest BCUT2D eigenvalue weighted by Crippen LogP contribution is 2.29. The molecule has 0 amide bonds. The third-order valence-corrected chi connectivity index (χ3v) is 1.97. The van der Waals surface area contributed by atoms with Gasteiger partial charge in [0.05, 0.1) is 0 Å². The Morgan fingerprint density at radius 3 is 2.31 bits per heavy atom. The van der Waals surface area contributed by atoms with Crippen LogP contribution in [-0.4, -0.2) is 10.9 Å². The zero-order chi connectivity index (χ0) is 10.2. The number of halogens is 1. The van der Waals surface area contributed by atoms with Crippen LogP contribution in [0, 0.1) is 0 Å². The van der Waals surface area contributed by atoms with Crippen LogP contribution in [-0.2, 0) is 5.41 Å². The van der Waals surface area contributed by atoms with E-state index in [2.05, 4.69) is 5.16 Å². The number of hydrogen-bond acceptors (Lipinski definition) is 3. The summed E-state index contributed by atoms with van der Waals surface area (Å²) in [5.41, 5.74) is 0.789. The minimum Gasteiger partial charge on any atom is -0.343 e. The Morgan fingerprint density at radius 2 is 2.00 bits per heavy atom. The van der Waals surface area contributed by atoms with E-state index in [0.717, 1.165) is 0 Å². The van der Waals surface area contributed by atoms with E-state index in [9.17, 15) is 4.79 Å². The highest BCUT2D eigenvalue weighted by atomic mass is 35.5. The van der Waals surface area contributed by atoms with Gasteiger partial charge in [0.25, 0.3) is 0 Å². The van der Waals surface area contributed by atoms with E-state index in [0.29, 0.717) is 11.3 Å². The Morgan fingerprint density at radius 1 is 1.46 bits per heavy atom. The van der Waals surface area contributed by atoms with Crippen LogP contribution < -0.4 is 0 Å². The highest BCUT2D eigenvalue weighted by Gasteiger charge is 2.27. The smallest absolute Gasteiger partial charge is 0.237 e. The Balaban J connectivity index is 3.31. The first kappa shape index (κ1) is 10.3. The molecular weight excluding hydrogens is 190 g/mol. The molecule has 0 N–H and O–H groups in total. The standard InChI is InChI=1S/C9H12ClNO2/c1-5(12)6-7(9(2,3)4)11-13-8(6)10/h1-4H3. The van der Waals surface area contributed by atoms with Crippen molar-refractivity contribution in [3.8, 4) is 0 Å². The molecule has 1 aromatic heterocycles. The summed E-state index contributed by atoms with van der Waals surface area (Å²) >= 11 is 5.70. The largest absolute Gasteiger partial charge is 0.343 e. The summed E-state index contributed by atoms with van der Waals surface area (Å²) in [5.74, 6) is -0.115. The first-order valence-electron chi connectivity index (χ1n) is 4.00. The zero-order valence-electron chi connectivity index (χ0n) is 8.14. The molecule has 0 unspecified atom stereocenters. The number of rotatable bonds is 1. The molecule has 1 rings (SSSR count). The fourth-order valence-corrected chi connectivity index (χ4v) is 1.34. The number of hydrogen-bond donors (Lipinski definition) is 0. The third kappa shape index (κ3) is 1.91. The van der Waals surface area contributed by atoms with Gasteiger partial charge in [0.15, 0.2) is 5.78 Å². The minimum absolute atomic E-state index is 0.0809. The van der Waals surface area contributed by atoms with Crippen molar-refractivity contribution >= 4 is 17.4 Å². The quantitative estimate of drug-likeness (QED) is 0.657. The molecule has 0 fully saturated rings. The second kappa shape index (κ2) is 3.14. The summed E-state index contributed by atoms with van der Waals surface area (Å²) in [5, 5.41) is 3.86. The SMILES string of the molecule is CC(=O)c1c(C(C)(C)C)noc1Cl.